The molecule has 0 fully saturated rings. The number of ether oxygens (including phenoxy) is 1. The predicted molar refractivity (Wildman–Crippen MR) is 70.1 cm³/mol. The van der Waals surface area contributed by atoms with Crippen LogP contribution in [0, 0.1) is 0 Å². The van der Waals surface area contributed by atoms with E-state index < -0.39 is 6.10 Å². The average molecular weight is 276 g/mol. The van der Waals surface area contributed by atoms with Crippen LogP contribution in [0.3, 0.4) is 0 Å². The molecule has 0 saturated carbocycles. The second-order valence-electron chi connectivity index (χ2n) is 4.17. The molecule has 5 heteroatoms. The summed E-state index contributed by atoms with van der Waals surface area (Å²) in [5.41, 5.74) is 7.46. The average Bonchev–Trinajstić information content (AvgIpc) is 2.97. The van der Waals surface area contributed by atoms with Crippen molar-refractivity contribution in [1.82, 2.24) is 0 Å². The third-order valence-corrected chi connectivity index (χ3v) is 3.17. The van der Waals surface area contributed by atoms with Crippen LogP contribution in [0.5, 0.6) is 0 Å². The van der Waals surface area contributed by atoms with Gasteiger partial charge in [-0.3, -0.25) is 4.79 Å². The van der Waals surface area contributed by atoms with Gasteiger partial charge < -0.3 is 14.9 Å². The van der Waals surface area contributed by atoms with Crippen molar-refractivity contribution in [2.75, 3.05) is 0 Å². The molecule has 0 radical (unpaired) electrons. The topological polar surface area (TPSA) is 65.5 Å². The molecule has 19 heavy (non-hydrogen) atoms. The van der Waals surface area contributed by atoms with E-state index in [1.807, 2.05) is 0 Å². The number of ketones is 1. The first kappa shape index (κ1) is 11.9. The zero-order valence-electron chi connectivity index (χ0n) is 9.80. The number of hydrogen-bond donors (Lipinski definition) is 1. The Morgan fingerprint density at radius 1 is 1.26 bits per heavy atom. The summed E-state index contributed by atoms with van der Waals surface area (Å²) in [5, 5.41) is 0.539. The molecule has 1 aromatic carbocycles. The van der Waals surface area contributed by atoms with Crippen molar-refractivity contribution in [1.29, 1.82) is 0 Å². The van der Waals surface area contributed by atoms with Crippen LogP contribution >= 0.6 is 11.6 Å². The summed E-state index contributed by atoms with van der Waals surface area (Å²) in [6, 6.07) is 8.62. The molecule has 4 nitrogen and oxygen atoms in total. The van der Waals surface area contributed by atoms with Gasteiger partial charge in [0.1, 0.15) is 0 Å². The largest absolute Gasteiger partial charge is 0.472 e. The number of rotatable bonds is 2. The summed E-state index contributed by atoms with van der Waals surface area (Å²) >= 11 is 5.92. The Bertz CT molecular complexity index is 661. The van der Waals surface area contributed by atoms with E-state index in [-0.39, 0.29) is 11.7 Å². The van der Waals surface area contributed by atoms with Crippen molar-refractivity contribution in [2.45, 2.75) is 6.10 Å². The molecule has 1 aliphatic rings. The van der Waals surface area contributed by atoms with Crippen LogP contribution in [0.25, 0.3) is 5.57 Å². The monoisotopic (exact) mass is 275 g/mol. The Kier molecular flexibility index (Phi) is 2.80. The molecule has 1 aromatic heterocycles. The van der Waals surface area contributed by atoms with Crippen LogP contribution in [-0.2, 0) is 9.53 Å². The lowest BCUT2D eigenvalue weighted by atomic mass is 9.98. The number of carbonyl (C=O) groups is 1. The maximum absolute atomic E-state index is 12.4. The summed E-state index contributed by atoms with van der Waals surface area (Å²) in [4.78, 5) is 12.4. The van der Waals surface area contributed by atoms with Crippen molar-refractivity contribution in [3.63, 3.8) is 0 Å². The second-order valence-corrected chi connectivity index (χ2v) is 4.60. The minimum Gasteiger partial charge on any atom is -0.472 e. The van der Waals surface area contributed by atoms with Crippen molar-refractivity contribution < 1.29 is 13.9 Å². The molecule has 0 aliphatic carbocycles. The Morgan fingerprint density at radius 3 is 2.79 bits per heavy atom. The zero-order chi connectivity index (χ0) is 13.4. The van der Waals surface area contributed by atoms with E-state index in [2.05, 4.69) is 0 Å². The van der Waals surface area contributed by atoms with Crippen molar-refractivity contribution >= 4 is 23.0 Å². The van der Waals surface area contributed by atoms with E-state index in [1.165, 1.54) is 12.5 Å². The van der Waals surface area contributed by atoms with Gasteiger partial charge in [0, 0.05) is 10.6 Å². The van der Waals surface area contributed by atoms with E-state index in [1.54, 1.807) is 30.3 Å². The summed E-state index contributed by atoms with van der Waals surface area (Å²) in [7, 11) is 0. The minimum atomic E-state index is -0.743. The third-order valence-electron chi connectivity index (χ3n) is 2.93. The number of nitrogens with two attached hydrogens (primary N) is 1. The van der Waals surface area contributed by atoms with Gasteiger partial charge in [-0.15, -0.1) is 0 Å². The van der Waals surface area contributed by atoms with Crippen molar-refractivity contribution in [2.24, 2.45) is 5.73 Å². The van der Waals surface area contributed by atoms with Crippen LogP contribution in [-0.4, -0.2) is 5.78 Å². The van der Waals surface area contributed by atoms with Gasteiger partial charge in [-0.05, 0) is 23.8 Å². The third kappa shape index (κ3) is 2.00. The van der Waals surface area contributed by atoms with Gasteiger partial charge in [0.05, 0.1) is 18.1 Å². The second kappa shape index (κ2) is 4.48. The van der Waals surface area contributed by atoms with E-state index in [4.69, 9.17) is 26.5 Å². The fourth-order valence-corrected chi connectivity index (χ4v) is 2.25. The lowest BCUT2D eigenvalue weighted by Gasteiger charge is -2.06. The van der Waals surface area contributed by atoms with E-state index in [0.29, 0.717) is 21.7 Å². The number of hydrogen-bond acceptors (Lipinski definition) is 4. The van der Waals surface area contributed by atoms with Gasteiger partial charge in [-0.2, -0.15) is 0 Å². The molecule has 3 rings (SSSR count). The summed E-state index contributed by atoms with van der Waals surface area (Å²) in [6.07, 6.45) is 2.21. The molecular formula is C14H10ClNO3. The van der Waals surface area contributed by atoms with Crippen LogP contribution in [0.4, 0.5) is 0 Å². The van der Waals surface area contributed by atoms with Crippen molar-refractivity contribution in [3.05, 3.63) is 64.9 Å². The van der Waals surface area contributed by atoms with Gasteiger partial charge in [0.15, 0.2) is 12.0 Å². The summed E-state index contributed by atoms with van der Waals surface area (Å²) in [6.45, 7) is 0. The van der Waals surface area contributed by atoms with Gasteiger partial charge in [0.2, 0.25) is 5.78 Å². The van der Waals surface area contributed by atoms with Gasteiger partial charge >= 0.3 is 0 Å². The molecule has 0 amide bonds. The van der Waals surface area contributed by atoms with E-state index in [9.17, 15) is 4.79 Å². The van der Waals surface area contributed by atoms with Gasteiger partial charge in [-0.1, -0.05) is 23.7 Å². The highest BCUT2D eigenvalue weighted by Crippen LogP contribution is 2.36. The molecule has 0 saturated heterocycles. The number of Topliss-reactive ketones (excluding diaryl/α,β-unsaturated/α-hetero) is 1. The Hall–Kier alpha value is -2.20. The fraction of sp³-hybridized carbons (Fsp3) is 0.0714. The molecule has 0 spiro atoms. The Morgan fingerprint density at radius 2 is 2.11 bits per heavy atom. The van der Waals surface area contributed by atoms with E-state index >= 15 is 0 Å². The smallest absolute Gasteiger partial charge is 0.214 e. The predicted octanol–water partition coefficient (Wildman–Crippen LogP) is 2.90. The number of halogens is 1. The number of benzene rings is 1. The van der Waals surface area contributed by atoms with Crippen LogP contribution in [0.2, 0.25) is 5.02 Å². The summed E-state index contributed by atoms with van der Waals surface area (Å²) in [5.74, 6) is -0.0837. The molecule has 2 heterocycles. The number of carbonyl (C=O) groups excluding carboxylic acids is 1. The highest BCUT2D eigenvalue weighted by molar-refractivity contribution is 6.31. The van der Waals surface area contributed by atoms with Crippen LogP contribution in [0.15, 0.2) is 53.2 Å². The molecule has 2 N–H and O–H groups in total. The molecule has 0 bridgehead atoms. The first-order valence-corrected chi connectivity index (χ1v) is 6.03. The van der Waals surface area contributed by atoms with Crippen LogP contribution in [0.1, 0.15) is 17.2 Å². The first-order chi connectivity index (χ1) is 9.16. The SMILES string of the molecule is NC1=C(c2cccc(Cl)c2)C(=O)C(c2ccoc2)O1. The quantitative estimate of drug-likeness (QED) is 0.915. The molecule has 2 aromatic rings. The summed E-state index contributed by atoms with van der Waals surface area (Å²) < 4.78 is 10.4. The normalized spacial score (nSPS) is 18.8. The van der Waals surface area contributed by atoms with Gasteiger partial charge in [-0.25, -0.2) is 0 Å². The maximum Gasteiger partial charge on any atom is 0.214 e. The molecule has 1 unspecified atom stereocenters. The highest BCUT2D eigenvalue weighted by atomic mass is 35.5. The van der Waals surface area contributed by atoms with Crippen molar-refractivity contribution in [3.8, 4) is 0 Å². The first-order valence-electron chi connectivity index (χ1n) is 5.65. The Labute approximate surface area is 114 Å². The highest BCUT2D eigenvalue weighted by Gasteiger charge is 2.36. The standard InChI is InChI=1S/C14H10ClNO3/c15-10-3-1-2-8(6-10)11-12(17)13(19-14(11)16)9-4-5-18-7-9/h1-7,13H,16H2. The fourth-order valence-electron chi connectivity index (χ4n) is 2.06. The zero-order valence-corrected chi connectivity index (χ0v) is 10.6. The molecule has 96 valence electrons. The minimum absolute atomic E-state index is 0.110. The van der Waals surface area contributed by atoms with Gasteiger partial charge in [0.25, 0.3) is 0 Å². The molecule has 1 aliphatic heterocycles. The Balaban J connectivity index is 1.99. The lowest BCUT2D eigenvalue weighted by molar-refractivity contribution is -0.120. The molecule has 1 atom stereocenters. The maximum atomic E-state index is 12.4. The lowest BCUT2D eigenvalue weighted by Crippen LogP contribution is -2.08. The van der Waals surface area contributed by atoms with E-state index in [0.717, 1.165) is 0 Å². The number of furan rings is 1. The van der Waals surface area contributed by atoms with Crippen LogP contribution < -0.4 is 5.73 Å². The molecular weight excluding hydrogens is 266 g/mol.